The standard InChI is InChI=1S/C11H7Cl2FN4/c12-7-2-1-3-8(9(7)14)18-11-6(4-17-18)10(13)15-5-16-11/h1-6,11H. The van der Waals surface area contributed by atoms with Gasteiger partial charge in [-0.25, -0.2) is 19.4 Å². The summed E-state index contributed by atoms with van der Waals surface area (Å²) in [5.41, 5.74) is 0.273. The molecule has 1 aromatic rings. The highest BCUT2D eigenvalue weighted by Gasteiger charge is 2.37. The molecule has 18 heavy (non-hydrogen) atoms. The number of hydrazone groups is 1. The minimum absolute atomic E-state index is 0.0469. The van der Waals surface area contributed by atoms with Crippen LogP contribution in [0.15, 0.2) is 33.3 Å². The Bertz CT molecular complexity index is 584. The number of halogens is 3. The smallest absolute Gasteiger partial charge is 0.167 e. The van der Waals surface area contributed by atoms with Crippen LogP contribution in [0.1, 0.15) is 0 Å². The summed E-state index contributed by atoms with van der Waals surface area (Å²) in [5, 5.41) is 6.03. The molecule has 2 atom stereocenters. The topological polar surface area (TPSA) is 40.3 Å². The van der Waals surface area contributed by atoms with Gasteiger partial charge in [-0.15, -0.1) is 0 Å². The number of fused-ring (bicyclic) bond motifs is 1. The molecule has 0 amide bonds. The molecule has 2 aliphatic rings. The fourth-order valence-corrected chi connectivity index (χ4v) is 2.28. The van der Waals surface area contributed by atoms with E-state index in [1.165, 1.54) is 17.4 Å². The first-order valence-corrected chi connectivity index (χ1v) is 5.96. The third-order valence-electron chi connectivity index (χ3n) is 2.78. The summed E-state index contributed by atoms with van der Waals surface area (Å²) in [6, 6.07) is 4.73. The van der Waals surface area contributed by atoms with Crippen molar-refractivity contribution in [3.05, 3.63) is 29.0 Å². The van der Waals surface area contributed by atoms with Crippen LogP contribution in [0.2, 0.25) is 5.02 Å². The lowest BCUT2D eigenvalue weighted by atomic mass is 10.1. The van der Waals surface area contributed by atoms with Crippen LogP contribution in [0.3, 0.4) is 0 Å². The van der Waals surface area contributed by atoms with E-state index in [-0.39, 0.29) is 16.6 Å². The predicted octanol–water partition coefficient (Wildman–Crippen LogP) is 2.91. The molecule has 1 aromatic carbocycles. The van der Waals surface area contributed by atoms with Gasteiger partial charge in [0.2, 0.25) is 0 Å². The van der Waals surface area contributed by atoms with E-state index in [4.69, 9.17) is 23.2 Å². The van der Waals surface area contributed by atoms with Crippen LogP contribution in [0, 0.1) is 11.7 Å². The molecule has 0 radical (unpaired) electrons. The number of hydrogen-bond acceptors (Lipinski definition) is 4. The lowest BCUT2D eigenvalue weighted by molar-refractivity contribution is 0.590. The maximum atomic E-state index is 13.9. The molecule has 0 aromatic heterocycles. The summed E-state index contributed by atoms with van der Waals surface area (Å²) in [7, 11) is 0. The Morgan fingerprint density at radius 3 is 2.94 bits per heavy atom. The molecule has 3 rings (SSSR count). The van der Waals surface area contributed by atoms with Gasteiger partial charge in [-0.05, 0) is 12.1 Å². The minimum Gasteiger partial charge on any atom is -0.246 e. The quantitative estimate of drug-likeness (QED) is 0.782. The molecule has 2 aliphatic heterocycles. The monoisotopic (exact) mass is 284 g/mol. The van der Waals surface area contributed by atoms with Crippen LogP contribution in [0.25, 0.3) is 0 Å². The summed E-state index contributed by atoms with van der Waals surface area (Å²) in [4.78, 5) is 8.06. The fourth-order valence-electron chi connectivity index (χ4n) is 1.90. The van der Waals surface area contributed by atoms with Crippen LogP contribution in [-0.4, -0.2) is 23.9 Å². The third kappa shape index (κ3) is 1.71. The Labute approximate surface area is 112 Å². The third-order valence-corrected chi connectivity index (χ3v) is 3.42. The summed E-state index contributed by atoms with van der Waals surface area (Å²) < 4.78 is 13.9. The van der Waals surface area contributed by atoms with E-state index in [0.717, 1.165) is 0 Å². The molecular formula is C11H7Cl2FN4. The van der Waals surface area contributed by atoms with E-state index in [9.17, 15) is 4.39 Å². The maximum absolute atomic E-state index is 13.9. The van der Waals surface area contributed by atoms with Gasteiger partial charge in [-0.3, -0.25) is 0 Å². The minimum atomic E-state index is -0.522. The largest absolute Gasteiger partial charge is 0.246 e. The maximum Gasteiger partial charge on any atom is 0.167 e. The van der Waals surface area contributed by atoms with Crippen molar-refractivity contribution in [1.29, 1.82) is 0 Å². The number of hydrogen-bond donors (Lipinski definition) is 0. The van der Waals surface area contributed by atoms with E-state index in [1.54, 1.807) is 18.3 Å². The molecule has 2 unspecified atom stereocenters. The van der Waals surface area contributed by atoms with Crippen LogP contribution < -0.4 is 5.01 Å². The van der Waals surface area contributed by atoms with E-state index < -0.39 is 12.0 Å². The van der Waals surface area contributed by atoms with E-state index >= 15 is 0 Å². The van der Waals surface area contributed by atoms with Gasteiger partial charge >= 0.3 is 0 Å². The first-order chi connectivity index (χ1) is 8.68. The molecule has 0 aliphatic carbocycles. The highest BCUT2D eigenvalue weighted by Crippen LogP contribution is 2.33. The molecule has 0 bridgehead atoms. The van der Waals surface area contributed by atoms with Gasteiger partial charge < -0.3 is 0 Å². The van der Waals surface area contributed by atoms with Gasteiger partial charge in [0.25, 0.3) is 0 Å². The van der Waals surface area contributed by atoms with Crippen molar-refractivity contribution in [3.63, 3.8) is 0 Å². The molecule has 92 valence electrons. The van der Waals surface area contributed by atoms with Crippen molar-refractivity contribution < 1.29 is 4.39 Å². The highest BCUT2D eigenvalue weighted by atomic mass is 35.5. The zero-order chi connectivity index (χ0) is 12.7. The van der Waals surface area contributed by atoms with Gasteiger partial charge in [0.05, 0.1) is 16.6 Å². The summed E-state index contributed by atoms with van der Waals surface area (Å²) in [6.07, 6.45) is 2.56. The Kier molecular flexibility index (Phi) is 2.80. The molecular weight excluding hydrogens is 278 g/mol. The van der Waals surface area contributed by atoms with Crippen molar-refractivity contribution in [2.45, 2.75) is 6.17 Å². The van der Waals surface area contributed by atoms with Crippen LogP contribution >= 0.6 is 23.2 Å². The van der Waals surface area contributed by atoms with Gasteiger partial charge in [-0.1, -0.05) is 29.3 Å². The number of nitrogens with zero attached hydrogens (tertiary/aromatic N) is 4. The second kappa shape index (κ2) is 4.33. The van der Waals surface area contributed by atoms with Crippen molar-refractivity contribution >= 4 is 46.6 Å². The molecule has 2 heterocycles. The van der Waals surface area contributed by atoms with Gasteiger partial charge in [-0.2, -0.15) is 5.10 Å². The normalized spacial score (nSPS) is 25.3. The van der Waals surface area contributed by atoms with Crippen molar-refractivity contribution in [1.82, 2.24) is 0 Å². The molecule has 0 saturated heterocycles. The Morgan fingerprint density at radius 2 is 2.11 bits per heavy atom. The summed E-state index contributed by atoms with van der Waals surface area (Å²) >= 11 is 11.7. The molecule has 0 spiro atoms. The lowest BCUT2D eigenvalue weighted by Gasteiger charge is -2.25. The molecule has 4 nitrogen and oxygen atoms in total. The lowest BCUT2D eigenvalue weighted by Crippen LogP contribution is -2.35. The Hall–Kier alpha value is -1.46. The van der Waals surface area contributed by atoms with Crippen molar-refractivity contribution in [2.75, 3.05) is 5.01 Å². The zero-order valence-corrected chi connectivity index (χ0v) is 10.5. The SMILES string of the molecule is Fc1c(Cl)cccc1N1N=CC2C(Cl)=NC=NC21. The number of aliphatic imine (C=N–C) groups is 2. The predicted molar refractivity (Wildman–Crippen MR) is 71.4 cm³/mol. The summed E-state index contributed by atoms with van der Waals surface area (Å²) in [6.45, 7) is 0. The van der Waals surface area contributed by atoms with E-state index in [2.05, 4.69) is 15.1 Å². The van der Waals surface area contributed by atoms with Crippen LogP contribution in [0.4, 0.5) is 10.1 Å². The zero-order valence-electron chi connectivity index (χ0n) is 8.96. The fraction of sp³-hybridized carbons (Fsp3) is 0.182. The molecule has 0 fully saturated rings. The van der Waals surface area contributed by atoms with Gasteiger partial charge in [0, 0.05) is 6.21 Å². The first kappa shape index (κ1) is 11.6. The van der Waals surface area contributed by atoms with Crippen LogP contribution in [-0.2, 0) is 0 Å². The van der Waals surface area contributed by atoms with Gasteiger partial charge in [0.1, 0.15) is 11.5 Å². The second-order valence-electron chi connectivity index (χ2n) is 3.84. The second-order valence-corrected chi connectivity index (χ2v) is 4.63. The Balaban J connectivity index is 2.00. The molecule has 0 N–H and O–H groups in total. The summed E-state index contributed by atoms with van der Waals surface area (Å²) in [5.74, 6) is -0.763. The Morgan fingerprint density at radius 1 is 1.28 bits per heavy atom. The molecule has 7 heteroatoms. The van der Waals surface area contributed by atoms with E-state index in [0.29, 0.717) is 5.17 Å². The number of anilines is 1. The highest BCUT2D eigenvalue weighted by molar-refractivity contribution is 6.68. The van der Waals surface area contributed by atoms with E-state index in [1.807, 2.05) is 0 Å². The average Bonchev–Trinajstić information content (AvgIpc) is 2.78. The average molecular weight is 285 g/mol. The first-order valence-electron chi connectivity index (χ1n) is 5.20. The van der Waals surface area contributed by atoms with Crippen molar-refractivity contribution in [3.8, 4) is 0 Å². The number of benzene rings is 1. The number of rotatable bonds is 1. The van der Waals surface area contributed by atoms with Crippen LogP contribution in [0.5, 0.6) is 0 Å². The van der Waals surface area contributed by atoms with Gasteiger partial charge in [0.15, 0.2) is 12.0 Å². The molecule has 0 saturated carbocycles. The van der Waals surface area contributed by atoms with Crippen molar-refractivity contribution in [2.24, 2.45) is 21.0 Å².